The van der Waals surface area contributed by atoms with Crippen molar-refractivity contribution in [1.29, 1.82) is 0 Å². The predicted octanol–water partition coefficient (Wildman–Crippen LogP) is 2.68. The van der Waals surface area contributed by atoms with E-state index in [0.29, 0.717) is 6.61 Å². The smallest absolute Gasteiger partial charge is 0.121 e. The Balaban J connectivity index is 1.52. The number of hydrogen-bond donors (Lipinski definition) is 1. The Morgan fingerprint density at radius 2 is 2.32 bits per heavy atom. The second kappa shape index (κ2) is 7.84. The fraction of sp³-hybridized carbons (Fsp3) is 0.667. The van der Waals surface area contributed by atoms with Crippen molar-refractivity contribution in [3.05, 3.63) is 24.3 Å². The van der Waals surface area contributed by atoms with Crippen molar-refractivity contribution in [2.24, 2.45) is 5.92 Å². The quantitative estimate of drug-likeness (QED) is 0.840. The van der Waals surface area contributed by atoms with Crippen molar-refractivity contribution >= 4 is 5.69 Å². The summed E-state index contributed by atoms with van der Waals surface area (Å²) >= 11 is 0. The van der Waals surface area contributed by atoms with Gasteiger partial charge in [-0.05, 0) is 50.4 Å². The second-order valence-corrected chi connectivity index (χ2v) is 6.35. The Morgan fingerprint density at radius 3 is 3.14 bits per heavy atom. The minimum Gasteiger partial charge on any atom is -0.491 e. The van der Waals surface area contributed by atoms with Gasteiger partial charge in [-0.15, -0.1) is 0 Å². The number of nitrogens with one attached hydrogen (secondary N) is 1. The fourth-order valence-electron chi connectivity index (χ4n) is 3.32. The molecule has 0 spiro atoms. The van der Waals surface area contributed by atoms with Crippen molar-refractivity contribution in [3.63, 3.8) is 0 Å². The van der Waals surface area contributed by atoms with E-state index in [2.05, 4.69) is 35.3 Å². The Labute approximate surface area is 133 Å². The molecule has 0 aromatic heterocycles. The average Bonchev–Trinajstić information content (AvgIpc) is 3.23. The molecule has 3 rings (SSSR count). The highest BCUT2D eigenvalue weighted by Gasteiger charge is 2.22. The minimum atomic E-state index is 0.278. The summed E-state index contributed by atoms with van der Waals surface area (Å²) in [5, 5.41) is 3.46. The van der Waals surface area contributed by atoms with Crippen LogP contribution in [0.25, 0.3) is 0 Å². The van der Waals surface area contributed by atoms with Gasteiger partial charge >= 0.3 is 0 Å². The van der Waals surface area contributed by atoms with E-state index in [1.165, 1.54) is 12.1 Å². The van der Waals surface area contributed by atoms with Crippen LogP contribution in [0.5, 0.6) is 5.75 Å². The summed E-state index contributed by atoms with van der Waals surface area (Å²) in [4.78, 5) is 2.47. The number of benzene rings is 1. The highest BCUT2D eigenvalue weighted by Crippen LogP contribution is 2.27. The van der Waals surface area contributed by atoms with Gasteiger partial charge in [-0.3, -0.25) is 0 Å². The molecule has 2 aliphatic rings. The van der Waals surface area contributed by atoms with Crippen LogP contribution in [0.15, 0.2) is 24.3 Å². The molecule has 1 N–H and O–H groups in total. The number of nitrogens with zero attached hydrogens (tertiary/aromatic N) is 1. The molecule has 22 heavy (non-hydrogen) atoms. The number of anilines is 1. The first kappa shape index (κ1) is 15.6. The van der Waals surface area contributed by atoms with Gasteiger partial charge in [0.1, 0.15) is 12.4 Å². The molecule has 2 unspecified atom stereocenters. The van der Waals surface area contributed by atoms with Gasteiger partial charge < -0.3 is 19.7 Å². The van der Waals surface area contributed by atoms with E-state index in [9.17, 15) is 0 Å². The van der Waals surface area contributed by atoms with Crippen LogP contribution >= 0.6 is 0 Å². The molecule has 4 heteroatoms. The lowest BCUT2D eigenvalue weighted by atomic mass is 10.1. The number of rotatable bonds is 7. The molecule has 2 heterocycles. The molecule has 0 saturated carbocycles. The Morgan fingerprint density at radius 1 is 1.36 bits per heavy atom. The van der Waals surface area contributed by atoms with E-state index in [-0.39, 0.29) is 6.10 Å². The van der Waals surface area contributed by atoms with E-state index < -0.39 is 0 Å². The molecule has 1 aromatic rings. The van der Waals surface area contributed by atoms with Crippen LogP contribution in [0, 0.1) is 5.92 Å². The van der Waals surface area contributed by atoms with E-state index in [1.54, 1.807) is 0 Å². The maximum Gasteiger partial charge on any atom is 0.121 e. The van der Waals surface area contributed by atoms with Crippen LogP contribution < -0.4 is 15.0 Å². The van der Waals surface area contributed by atoms with Crippen molar-refractivity contribution in [1.82, 2.24) is 5.32 Å². The third-order valence-electron chi connectivity index (χ3n) is 4.61. The Kier molecular flexibility index (Phi) is 5.57. The first-order valence-corrected chi connectivity index (χ1v) is 8.65. The summed E-state index contributed by atoms with van der Waals surface area (Å²) in [6.07, 6.45) is 3.83. The normalized spacial score (nSPS) is 24.9. The van der Waals surface area contributed by atoms with Gasteiger partial charge in [-0.1, -0.05) is 13.0 Å². The van der Waals surface area contributed by atoms with Crippen LogP contribution in [0.2, 0.25) is 0 Å². The third-order valence-corrected chi connectivity index (χ3v) is 4.61. The molecule has 2 aliphatic heterocycles. The molecular weight excluding hydrogens is 276 g/mol. The summed E-state index contributed by atoms with van der Waals surface area (Å²) in [6.45, 7) is 8.20. The van der Waals surface area contributed by atoms with Gasteiger partial charge in [0.25, 0.3) is 0 Å². The van der Waals surface area contributed by atoms with Crippen LogP contribution in [-0.2, 0) is 4.74 Å². The van der Waals surface area contributed by atoms with Crippen LogP contribution in [-0.4, -0.2) is 45.5 Å². The molecular formula is C18H28N2O2. The highest BCUT2D eigenvalue weighted by molar-refractivity contribution is 5.51. The molecule has 2 saturated heterocycles. The number of hydrogen-bond acceptors (Lipinski definition) is 4. The van der Waals surface area contributed by atoms with Gasteiger partial charge in [0.05, 0.1) is 6.10 Å². The topological polar surface area (TPSA) is 33.7 Å². The van der Waals surface area contributed by atoms with Gasteiger partial charge in [0.15, 0.2) is 0 Å². The lowest BCUT2D eigenvalue weighted by Crippen LogP contribution is -2.26. The molecule has 2 atom stereocenters. The summed E-state index contributed by atoms with van der Waals surface area (Å²) in [5.41, 5.74) is 1.28. The number of ether oxygens (including phenoxy) is 2. The zero-order valence-corrected chi connectivity index (χ0v) is 13.6. The van der Waals surface area contributed by atoms with Gasteiger partial charge in [-0.2, -0.15) is 0 Å². The van der Waals surface area contributed by atoms with E-state index in [0.717, 1.165) is 57.3 Å². The molecule has 0 radical (unpaired) electrons. The maximum atomic E-state index is 5.92. The predicted molar refractivity (Wildman–Crippen MR) is 89.8 cm³/mol. The largest absolute Gasteiger partial charge is 0.491 e. The van der Waals surface area contributed by atoms with E-state index in [4.69, 9.17) is 9.47 Å². The van der Waals surface area contributed by atoms with E-state index in [1.807, 2.05) is 6.07 Å². The standard InChI is InChI=1S/C18H28N2O2/c1-2-19-12-15-8-9-20(13-15)16-5-3-6-17(11-16)22-14-18-7-4-10-21-18/h3,5-6,11,15,18-19H,2,4,7-10,12-14H2,1H3. The van der Waals surface area contributed by atoms with Crippen LogP contribution in [0.3, 0.4) is 0 Å². The van der Waals surface area contributed by atoms with Gasteiger partial charge in [-0.25, -0.2) is 0 Å². The average molecular weight is 304 g/mol. The minimum absolute atomic E-state index is 0.278. The molecule has 122 valence electrons. The molecule has 0 bridgehead atoms. The maximum absolute atomic E-state index is 5.92. The monoisotopic (exact) mass is 304 g/mol. The van der Waals surface area contributed by atoms with Crippen molar-refractivity contribution in [2.75, 3.05) is 44.3 Å². The van der Waals surface area contributed by atoms with E-state index >= 15 is 0 Å². The summed E-state index contributed by atoms with van der Waals surface area (Å²) in [6, 6.07) is 8.50. The molecule has 1 aromatic carbocycles. The first-order chi connectivity index (χ1) is 10.8. The van der Waals surface area contributed by atoms with Crippen LogP contribution in [0.4, 0.5) is 5.69 Å². The Hall–Kier alpha value is -1.26. The zero-order chi connectivity index (χ0) is 15.2. The molecule has 0 aliphatic carbocycles. The zero-order valence-electron chi connectivity index (χ0n) is 13.6. The van der Waals surface area contributed by atoms with Crippen molar-refractivity contribution in [2.45, 2.75) is 32.3 Å². The Bertz CT molecular complexity index is 460. The lowest BCUT2D eigenvalue weighted by Gasteiger charge is -2.20. The molecule has 4 nitrogen and oxygen atoms in total. The second-order valence-electron chi connectivity index (χ2n) is 6.35. The lowest BCUT2D eigenvalue weighted by molar-refractivity contribution is 0.0680. The molecule has 2 fully saturated rings. The first-order valence-electron chi connectivity index (χ1n) is 8.65. The summed E-state index contributed by atoms with van der Waals surface area (Å²) in [7, 11) is 0. The SMILES string of the molecule is CCNCC1CCN(c2cccc(OCC3CCCO3)c2)C1. The fourth-order valence-corrected chi connectivity index (χ4v) is 3.32. The third kappa shape index (κ3) is 4.14. The van der Waals surface area contributed by atoms with Gasteiger partial charge in [0.2, 0.25) is 0 Å². The molecule has 0 amide bonds. The van der Waals surface area contributed by atoms with Gasteiger partial charge in [0, 0.05) is 31.5 Å². The van der Waals surface area contributed by atoms with Crippen molar-refractivity contribution in [3.8, 4) is 5.75 Å². The summed E-state index contributed by atoms with van der Waals surface area (Å²) in [5.74, 6) is 1.72. The van der Waals surface area contributed by atoms with Crippen molar-refractivity contribution < 1.29 is 9.47 Å². The van der Waals surface area contributed by atoms with Crippen LogP contribution in [0.1, 0.15) is 26.2 Å². The highest BCUT2D eigenvalue weighted by atomic mass is 16.5. The summed E-state index contributed by atoms with van der Waals surface area (Å²) < 4.78 is 11.5.